The van der Waals surface area contributed by atoms with E-state index >= 15 is 0 Å². The smallest absolute Gasteiger partial charge is 0.295 e. The molecule has 2 aromatic carbocycles. The fourth-order valence-corrected chi connectivity index (χ4v) is 5.15. The van der Waals surface area contributed by atoms with E-state index in [-0.39, 0.29) is 17.8 Å². The Morgan fingerprint density at radius 2 is 1.85 bits per heavy atom. The number of pyridine rings is 1. The summed E-state index contributed by atoms with van der Waals surface area (Å²) < 4.78 is 5.53. The third-order valence-corrected chi connectivity index (χ3v) is 7.09. The van der Waals surface area contributed by atoms with Gasteiger partial charge in [-0.05, 0) is 23.6 Å². The minimum atomic E-state index is -0.634. The molecule has 40 heavy (non-hydrogen) atoms. The minimum absolute atomic E-state index is 0.109. The maximum atomic E-state index is 13.5. The van der Waals surface area contributed by atoms with Gasteiger partial charge in [0, 0.05) is 49.5 Å². The maximum Gasteiger partial charge on any atom is 0.295 e. The van der Waals surface area contributed by atoms with E-state index in [0.29, 0.717) is 54.2 Å². The van der Waals surface area contributed by atoms with Crippen LogP contribution in [0.4, 0.5) is 5.82 Å². The van der Waals surface area contributed by atoms with Crippen molar-refractivity contribution in [2.24, 2.45) is 5.73 Å². The second kappa shape index (κ2) is 10.1. The highest BCUT2D eigenvalue weighted by molar-refractivity contribution is 6.45. The molecule has 6 rings (SSSR count). The molecule has 12 nitrogen and oxygen atoms in total. The Bertz CT molecular complexity index is 1760. The summed E-state index contributed by atoms with van der Waals surface area (Å²) in [6, 6.07) is 13.5. The normalized spacial score (nSPS) is 13.6. The van der Waals surface area contributed by atoms with E-state index in [0.717, 1.165) is 16.6 Å². The summed E-state index contributed by atoms with van der Waals surface area (Å²) >= 11 is 0. The SMILES string of the molecule is COc1ccc(-c2nc(CC(N)=O)n[nH]2)c2[nH]cc(C(=O)C(=O)N3CCN(c4nccc5ccccc45)CC3)c12. The number of amides is 2. The lowest BCUT2D eigenvalue weighted by atomic mass is 10.0. The number of aromatic nitrogens is 5. The molecule has 1 aliphatic heterocycles. The van der Waals surface area contributed by atoms with E-state index in [4.69, 9.17) is 10.5 Å². The molecule has 0 radical (unpaired) electrons. The summed E-state index contributed by atoms with van der Waals surface area (Å²) in [5, 5.41) is 9.45. The zero-order valence-corrected chi connectivity index (χ0v) is 21.7. The number of ether oxygens (including phenoxy) is 1. The van der Waals surface area contributed by atoms with E-state index in [9.17, 15) is 14.4 Å². The molecule has 1 fully saturated rings. The summed E-state index contributed by atoms with van der Waals surface area (Å²) in [5.74, 6) is 0.173. The molecule has 0 atom stereocenters. The van der Waals surface area contributed by atoms with Crippen LogP contribution in [0.15, 0.2) is 54.9 Å². The summed E-state index contributed by atoms with van der Waals surface area (Å²) in [6.45, 7) is 1.89. The van der Waals surface area contributed by atoms with Crippen molar-refractivity contribution in [1.29, 1.82) is 0 Å². The first kappa shape index (κ1) is 25.0. The number of H-pyrrole nitrogens is 2. The summed E-state index contributed by atoms with van der Waals surface area (Å²) in [5.41, 5.74) is 6.60. The number of ketones is 1. The number of benzene rings is 2. The number of Topliss-reactive ketones (excluding diaryl/α,β-unsaturated/α-hetero) is 1. The van der Waals surface area contributed by atoms with Crippen LogP contribution in [-0.2, 0) is 16.0 Å². The molecule has 0 saturated carbocycles. The van der Waals surface area contributed by atoms with Crippen molar-refractivity contribution in [1.82, 2.24) is 30.0 Å². The molecule has 1 aliphatic rings. The Morgan fingerprint density at radius 3 is 2.62 bits per heavy atom. The highest BCUT2D eigenvalue weighted by Crippen LogP contribution is 2.35. The Kier molecular flexibility index (Phi) is 6.34. The first-order valence-corrected chi connectivity index (χ1v) is 12.7. The molecule has 4 heterocycles. The Balaban J connectivity index is 1.24. The number of anilines is 1. The molecule has 0 bridgehead atoms. The molecule has 2 amide bonds. The zero-order chi connectivity index (χ0) is 27.8. The average Bonchev–Trinajstić information content (AvgIpc) is 3.63. The van der Waals surface area contributed by atoms with E-state index in [1.807, 2.05) is 30.3 Å². The van der Waals surface area contributed by atoms with Crippen LogP contribution in [-0.4, -0.2) is 80.9 Å². The van der Waals surface area contributed by atoms with Gasteiger partial charge in [0.2, 0.25) is 5.91 Å². The Hall–Kier alpha value is -5.26. The van der Waals surface area contributed by atoms with Crippen molar-refractivity contribution in [3.05, 3.63) is 66.2 Å². The lowest BCUT2D eigenvalue weighted by Gasteiger charge is -2.35. The van der Waals surface area contributed by atoms with Crippen LogP contribution in [0.5, 0.6) is 5.75 Å². The van der Waals surface area contributed by atoms with Gasteiger partial charge in [-0.25, -0.2) is 9.97 Å². The van der Waals surface area contributed by atoms with E-state index in [1.54, 1.807) is 23.2 Å². The first-order valence-electron chi connectivity index (χ1n) is 12.7. The molecule has 3 aromatic heterocycles. The van der Waals surface area contributed by atoms with Crippen LogP contribution in [0.25, 0.3) is 33.1 Å². The number of methoxy groups -OCH3 is 1. The summed E-state index contributed by atoms with van der Waals surface area (Å²) in [6.07, 6.45) is 3.19. The third kappa shape index (κ3) is 4.38. The molecule has 0 unspecified atom stereocenters. The van der Waals surface area contributed by atoms with Crippen molar-refractivity contribution < 1.29 is 19.1 Å². The quantitative estimate of drug-likeness (QED) is 0.209. The van der Waals surface area contributed by atoms with Gasteiger partial charge in [-0.3, -0.25) is 19.5 Å². The average molecular weight is 539 g/mol. The van der Waals surface area contributed by atoms with Crippen LogP contribution in [0.3, 0.4) is 0 Å². The number of fused-ring (bicyclic) bond motifs is 2. The number of nitrogens with one attached hydrogen (secondary N) is 2. The van der Waals surface area contributed by atoms with Gasteiger partial charge in [0.05, 0.1) is 30.0 Å². The number of carbonyl (C=O) groups is 3. The van der Waals surface area contributed by atoms with Gasteiger partial charge in [0.1, 0.15) is 11.6 Å². The molecule has 202 valence electrons. The molecular formula is C28H26N8O4. The van der Waals surface area contributed by atoms with Crippen LogP contribution in [0.1, 0.15) is 16.2 Å². The lowest BCUT2D eigenvalue weighted by Crippen LogP contribution is -2.50. The van der Waals surface area contributed by atoms with E-state index < -0.39 is 17.6 Å². The van der Waals surface area contributed by atoms with Crippen LogP contribution < -0.4 is 15.4 Å². The van der Waals surface area contributed by atoms with Crippen molar-refractivity contribution in [2.45, 2.75) is 6.42 Å². The molecular weight excluding hydrogens is 512 g/mol. The predicted molar refractivity (Wildman–Crippen MR) is 148 cm³/mol. The lowest BCUT2D eigenvalue weighted by molar-refractivity contribution is -0.126. The number of carbonyl (C=O) groups excluding carboxylic acids is 3. The first-order chi connectivity index (χ1) is 19.4. The van der Waals surface area contributed by atoms with Crippen LogP contribution in [0.2, 0.25) is 0 Å². The summed E-state index contributed by atoms with van der Waals surface area (Å²) in [4.78, 5) is 53.9. The van der Waals surface area contributed by atoms with Gasteiger partial charge in [0.25, 0.3) is 11.7 Å². The monoisotopic (exact) mass is 538 g/mol. The number of hydrogen-bond acceptors (Lipinski definition) is 8. The van der Waals surface area contributed by atoms with Gasteiger partial charge in [-0.2, -0.15) is 5.10 Å². The molecule has 0 spiro atoms. The van der Waals surface area contributed by atoms with Gasteiger partial charge >= 0.3 is 0 Å². The number of nitrogens with two attached hydrogens (primary N) is 1. The number of piperazine rings is 1. The van der Waals surface area contributed by atoms with Crippen LogP contribution >= 0.6 is 0 Å². The Morgan fingerprint density at radius 1 is 1.05 bits per heavy atom. The van der Waals surface area contributed by atoms with Gasteiger partial charge in [-0.1, -0.05) is 24.3 Å². The predicted octanol–water partition coefficient (Wildman–Crippen LogP) is 2.07. The third-order valence-electron chi connectivity index (χ3n) is 7.09. The summed E-state index contributed by atoms with van der Waals surface area (Å²) in [7, 11) is 1.50. The molecule has 5 aromatic rings. The van der Waals surface area contributed by atoms with E-state index in [2.05, 4.69) is 30.0 Å². The van der Waals surface area contributed by atoms with Gasteiger partial charge < -0.3 is 25.3 Å². The largest absolute Gasteiger partial charge is 0.496 e. The number of aromatic amines is 2. The van der Waals surface area contributed by atoms with Crippen LogP contribution in [0, 0.1) is 0 Å². The second-order valence-electron chi connectivity index (χ2n) is 9.48. The second-order valence-corrected chi connectivity index (χ2v) is 9.48. The molecule has 4 N–H and O–H groups in total. The highest BCUT2D eigenvalue weighted by atomic mass is 16.5. The molecule has 1 saturated heterocycles. The number of rotatable bonds is 7. The topological polar surface area (TPSA) is 163 Å². The van der Waals surface area contributed by atoms with Crippen molar-refractivity contribution in [3.8, 4) is 17.1 Å². The van der Waals surface area contributed by atoms with E-state index in [1.165, 1.54) is 13.3 Å². The fraction of sp³-hybridized carbons (Fsp3) is 0.214. The molecule has 0 aliphatic carbocycles. The fourth-order valence-electron chi connectivity index (χ4n) is 5.15. The molecule has 12 heteroatoms. The van der Waals surface area contributed by atoms with Crippen molar-refractivity contribution in [2.75, 3.05) is 38.2 Å². The Labute approximate surface area is 228 Å². The maximum absolute atomic E-state index is 13.5. The standard InChI is InChI=1S/C28H26N8O4/c1-40-20-7-6-18(26-32-22(33-34-26)14-21(29)37)24-23(20)19(15-31-24)25(38)28(39)36-12-10-35(11-13-36)27-17-5-3-2-4-16(17)8-9-30-27/h2-9,15,31H,10-14H2,1H3,(H2,29,37)(H,32,33,34). The van der Waals surface area contributed by atoms with Gasteiger partial charge in [-0.15, -0.1) is 0 Å². The van der Waals surface area contributed by atoms with Crippen molar-refractivity contribution in [3.63, 3.8) is 0 Å². The zero-order valence-electron chi connectivity index (χ0n) is 21.7. The number of nitrogens with zero attached hydrogens (tertiary/aromatic N) is 5. The number of primary amides is 1. The number of hydrogen-bond donors (Lipinski definition) is 3. The highest BCUT2D eigenvalue weighted by Gasteiger charge is 2.30. The van der Waals surface area contributed by atoms with Gasteiger partial charge in [0.15, 0.2) is 11.6 Å². The van der Waals surface area contributed by atoms with Crippen molar-refractivity contribution >= 4 is 45.1 Å². The minimum Gasteiger partial charge on any atom is -0.496 e.